The van der Waals surface area contributed by atoms with Crippen molar-refractivity contribution >= 4 is 5.69 Å². The molecule has 1 aromatic heterocycles. The van der Waals surface area contributed by atoms with Gasteiger partial charge in [-0.15, -0.1) is 0 Å². The Morgan fingerprint density at radius 1 is 0.950 bits per heavy atom. The van der Waals surface area contributed by atoms with E-state index in [1.807, 2.05) is 37.3 Å². The first-order valence-corrected chi connectivity index (χ1v) is 6.49. The number of aromatic nitrogens is 3. The van der Waals surface area contributed by atoms with Crippen LogP contribution in [0.2, 0.25) is 0 Å². The van der Waals surface area contributed by atoms with E-state index < -0.39 is 0 Å². The third-order valence-electron chi connectivity index (χ3n) is 3.34. The molecule has 4 nitrogen and oxygen atoms in total. The molecular weight excluding hydrogens is 248 g/mol. The van der Waals surface area contributed by atoms with Crippen molar-refractivity contribution in [2.75, 3.05) is 5.73 Å². The van der Waals surface area contributed by atoms with Crippen LogP contribution in [0.4, 0.5) is 5.69 Å². The Kier molecular flexibility index (Phi) is 2.99. The molecule has 0 aliphatic rings. The van der Waals surface area contributed by atoms with Gasteiger partial charge in [-0.05, 0) is 37.6 Å². The van der Waals surface area contributed by atoms with Gasteiger partial charge in [0.2, 0.25) is 0 Å². The maximum absolute atomic E-state index is 5.83. The average Bonchev–Trinajstić information content (AvgIpc) is 2.92. The second kappa shape index (κ2) is 4.81. The lowest BCUT2D eigenvalue weighted by atomic mass is 10.1. The predicted molar refractivity (Wildman–Crippen MR) is 81.1 cm³/mol. The number of hydrogen-bond acceptors (Lipinski definition) is 3. The molecule has 0 aliphatic heterocycles. The Labute approximate surface area is 117 Å². The molecule has 0 amide bonds. The van der Waals surface area contributed by atoms with E-state index >= 15 is 0 Å². The number of rotatable bonds is 2. The summed E-state index contributed by atoms with van der Waals surface area (Å²) in [7, 11) is 0. The van der Waals surface area contributed by atoms with E-state index in [-0.39, 0.29) is 0 Å². The molecule has 20 heavy (non-hydrogen) atoms. The van der Waals surface area contributed by atoms with Crippen LogP contribution in [0.15, 0.2) is 42.5 Å². The van der Waals surface area contributed by atoms with Gasteiger partial charge in [0.15, 0.2) is 11.6 Å². The number of hydrogen-bond donors (Lipinski definition) is 2. The smallest absolute Gasteiger partial charge is 0.181 e. The second-order valence-corrected chi connectivity index (χ2v) is 4.95. The van der Waals surface area contributed by atoms with E-state index in [0.29, 0.717) is 5.82 Å². The molecule has 1 heterocycles. The highest BCUT2D eigenvalue weighted by Gasteiger charge is 2.08. The summed E-state index contributed by atoms with van der Waals surface area (Å²) in [6, 6.07) is 14.0. The summed E-state index contributed by atoms with van der Waals surface area (Å²) in [6.07, 6.45) is 0. The Hall–Kier alpha value is -2.62. The third-order valence-corrected chi connectivity index (χ3v) is 3.34. The van der Waals surface area contributed by atoms with Gasteiger partial charge < -0.3 is 5.73 Å². The summed E-state index contributed by atoms with van der Waals surface area (Å²) in [5, 5.41) is 7.26. The van der Waals surface area contributed by atoms with E-state index in [1.54, 1.807) is 0 Å². The van der Waals surface area contributed by atoms with E-state index in [2.05, 4.69) is 34.2 Å². The molecule has 0 aliphatic carbocycles. The van der Waals surface area contributed by atoms with E-state index in [4.69, 9.17) is 5.73 Å². The van der Waals surface area contributed by atoms with Gasteiger partial charge in [-0.1, -0.05) is 29.8 Å². The molecule has 0 bridgehead atoms. The van der Waals surface area contributed by atoms with Crippen LogP contribution >= 0.6 is 0 Å². The minimum atomic E-state index is 0.684. The molecule has 100 valence electrons. The number of aryl methyl sites for hydroxylation is 2. The molecule has 0 saturated heterocycles. The molecule has 0 unspecified atom stereocenters. The Morgan fingerprint density at radius 3 is 2.35 bits per heavy atom. The van der Waals surface area contributed by atoms with Crippen LogP contribution < -0.4 is 5.73 Å². The molecule has 4 heteroatoms. The molecule has 0 fully saturated rings. The number of H-pyrrole nitrogens is 1. The summed E-state index contributed by atoms with van der Waals surface area (Å²) in [5.74, 6) is 1.46. The summed E-state index contributed by atoms with van der Waals surface area (Å²) in [5.41, 5.74) is 10.9. The summed E-state index contributed by atoms with van der Waals surface area (Å²) in [4.78, 5) is 4.54. The minimum Gasteiger partial charge on any atom is -0.399 e. The number of benzene rings is 2. The fourth-order valence-corrected chi connectivity index (χ4v) is 2.05. The van der Waals surface area contributed by atoms with Crippen molar-refractivity contribution in [1.82, 2.24) is 15.2 Å². The van der Waals surface area contributed by atoms with Gasteiger partial charge in [0.1, 0.15) is 0 Å². The van der Waals surface area contributed by atoms with Gasteiger partial charge in [0, 0.05) is 16.8 Å². The van der Waals surface area contributed by atoms with Crippen LogP contribution in [0, 0.1) is 13.8 Å². The number of nitrogen functional groups attached to an aromatic ring is 1. The fourth-order valence-electron chi connectivity index (χ4n) is 2.05. The molecule has 0 radical (unpaired) electrons. The van der Waals surface area contributed by atoms with Crippen LogP contribution in [-0.4, -0.2) is 15.2 Å². The lowest BCUT2D eigenvalue weighted by Crippen LogP contribution is -1.90. The summed E-state index contributed by atoms with van der Waals surface area (Å²) >= 11 is 0. The standard InChI is InChI=1S/C16H16N4/c1-10-3-5-12(6-4-10)15-18-16(20-19-15)13-7-8-14(17)11(2)9-13/h3-9H,17H2,1-2H3,(H,18,19,20). The highest BCUT2D eigenvalue weighted by molar-refractivity contribution is 5.64. The zero-order valence-electron chi connectivity index (χ0n) is 11.5. The first kappa shape index (κ1) is 12.4. The van der Waals surface area contributed by atoms with Crippen molar-refractivity contribution in [1.29, 1.82) is 0 Å². The van der Waals surface area contributed by atoms with Crippen molar-refractivity contribution in [3.63, 3.8) is 0 Å². The number of anilines is 1. The van der Waals surface area contributed by atoms with Crippen LogP contribution in [-0.2, 0) is 0 Å². The Morgan fingerprint density at radius 2 is 1.65 bits per heavy atom. The zero-order valence-corrected chi connectivity index (χ0v) is 11.5. The Bertz CT molecular complexity index is 741. The number of nitrogens with zero attached hydrogens (tertiary/aromatic N) is 2. The molecule has 3 aromatic rings. The quantitative estimate of drug-likeness (QED) is 0.697. The van der Waals surface area contributed by atoms with Crippen molar-refractivity contribution in [3.05, 3.63) is 53.6 Å². The maximum atomic E-state index is 5.83. The van der Waals surface area contributed by atoms with Crippen molar-refractivity contribution in [2.45, 2.75) is 13.8 Å². The number of aromatic amines is 1. The van der Waals surface area contributed by atoms with Crippen molar-refractivity contribution in [2.24, 2.45) is 0 Å². The lowest BCUT2D eigenvalue weighted by molar-refractivity contribution is 1.10. The molecule has 3 rings (SSSR count). The molecule has 2 aromatic carbocycles. The first-order chi connectivity index (χ1) is 9.63. The third kappa shape index (κ3) is 2.28. The van der Waals surface area contributed by atoms with Crippen LogP contribution in [0.25, 0.3) is 22.8 Å². The molecule has 0 saturated carbocycles. The van der Waals surface area contributed by atoms with Crippen LogP contribution in [0.3, 0.4) is 0 Å². The lowest BCUT2D eigenvalue weighted by Gasteiger charge is -2.01. The highest BCUT2D eigenvalue weighted by Crippen LogP contribution is 2.23. The number of nitrogens with one attached hydrogen (secondary N) is 1. The predicted octanol–water partition coefficient (Wildman–Crippen LogP) is 3.34. The minimum absolute atomic E-state index is 0.684. The first-order valence-electron chi connectivity index (χ1n) is 6.49. The van der Waals surface area contributed by atoms with Crippen molar-refractivity contribution in [3.8, 4) is 22.8 Å². The van der Waals surface area contributed by atoms with E-state index in [9.17, 15) is 0 Å². The monoisotopic (exact) mass is 264 g/mol. The van der Waals surface area contributed by atoms with Gasteiger partial charge in [-0.3, -0.25) is 5.10 Å². The topological polar surface area (TPSA) is 67.6 Å². The zero-order chi connectivity index (χ0) is 14.1. The molecule has 0 spiro atoms. The van der Waals surface area contributed by atoms with Gasteiger partial charge in [-0.25, -0.2) is 4.98 Å². The second-order valence-electron chi connectivity index (χ2n) is 4.95. The van der Waals surface area contributed by atoms with E-state index in [0.717, 1.165) is 28.2 Å². The van der Waals surface area contributed by atoms with Gasteiger partial charge in [0.25, 0.3) is 0 Å². The molecule has 3 N–H and O–H groups in total. The maximum Gasteiger partial charge on any atom is 0.181 e. The normalized spacial score (nSPS) is 10.7. The van der Waals surface area contributed by atoms with Gasteiger partial charge in [-0.2, -0.15) is 5.10 Å². The van der Waals surface area contributed by atoms with Crippen LogP contribution in [0.5, 0.6) is 0 Å². The average molecular weight is 264 g/mol. The molecular formula is C16H16N4. The largest absolute Gasteiger partial charge is 0.399 e. The SMILES string of the molecule is Cc1ccc(-c2nc(-c3ccc(N)c(C)c3)n[nH]2)cc1. The van der Waals surface area contributed by atoms with E-state index in [1.165, 1.54) is 5.56 Å². The summed E-state index contributed by atoms with van der Waals surface area (Å²) in [6.45, 7) is 4.04. The van der Waals surface area contributed by atoms with Crippen molar-refractivity contribution < 1.29 is 0 Å². The molecule has 0 atom stereocenters. The van der Waals surface area contributed by atoms with Gasteiger partial charge >= 0.3 is 0 Å². The fraction of sp³-hybridized carbons (Fsp3) is 0.125. The number of nitrogens with two attached hydrogens (primary N) is 1. The van der Waals surface area contributed by atoms with Crippen LogP contribution in [0.1, 0.15) is 11.1 Å². The highest BCUT2D eigenvalue weighted by atomic mass is 15.2. The Balaban J connectivity index is 1.97. The van der Waals surface area contributed by atoms with Gasteiger partial charge in [0.05, 0.1) is 0 Å². The summed E-state index contributed by atoms with van der Waals surface area (Å²) < 4.78 is 0.